The molecule has 0 aliphatic heterocycles. The van der Waals surface area contributed by atoms with Crippen LogP contribution < -0.4 is 0 Å². The lowest BCUT2D eigenvalue weighted by Crippen LogP contribution is -2.03. The van der Waals surface area contributed by atoms with E-state index >= 15 is 0 Å². The van der Waals surface area contributed by atoms with Crippen molar-refractivity contribution in [2.24, 2.45) is 0 Å². The number of furan rings is 1. The molecule has 0 fully saturated rings. The fourth-order valence-electron chi connectivity index (χ4n) is 6.72. The smallest absolute Gasteiger partial charge is 0.235 e. The van der Waals surface area contributed by atoms with Crippen LogP contribution in [0.5, 0.6) is 0 Å². The summed E-state index contributed by atoms with van der Waals surface area (Å²) in [7, 11) is 0. The van der Waals surface area contributed by atoms with Crippen molar-refractivity contribution in [2.45, 2.75) is 19.8 Å². The largest absolute Gasteiger partial charge is 0.455 e. The highest BCUT2D eigenvalue weighted by atomic mass is 16.3. The second kappa shape index (κ2) is 9.90. The summed E-state index contributed by atoms with van der Waals surface area (Å²) in [6.07, 6.45) is 0. The van der Waals surface area contributed by atoms with Gasteiger partial charge in [0.05, 0.1) is 27.6 Å². The number of benzene rings is 6. The van der Waals surface area contributed by atoms with Crippen LogP contribution in [0.1, 0.15) is 25.3 Å². The minimum Gasteiger partial charge on any atom is -0.455 e. The van der Waals surface area contributed by atoms with Crippen LogP contribution in [0, 0.1) is 0 Å². The third kappa shape index (κ3) is 3.99. The van der Waals surface area contributed by atoms with E-state index in [-0.39, 0.29) is 0 Å². The van der Waals surface area contributed by atoms with Gasteiger partial charge < -0.3 is 4.42 Å². The zero-order valence-electron chi connectivity index (χ0n) is 25.0. The van der Waals surface area contributed by atoms with Crippen molar-refractivity contribution in [2.75, 3.05) is 0 Å². The Balaban J connectivity index is 1.39. The van der Waals surface area contributed by atoms with Crippen molar-refractivity contribution < 1.29 is 4.42 Å². The molecule has 4 heteroatoms. The van der Waals surface area contributed by atoms with Crippen LogP contribution >= 0.6 is 0 Å². The molecule has 9 aromatic rings. The highest BCUT2D eigenvalue weighted by molar-refractivity contribution is 6.24. The van der Waals surface area contributed by atoms with E-state index in [1.165, 1.54) is 11.1 Å². The number of aromatic nitrogens is 3. The molecule has 0 unspecified atom stereocenters. The van der Waals surface area contributed by atoms with Gasteiger partial charge >= 0.3 is 0 Å². The fraction of sp³-hybridized carbons (Fsp3) is 0.0732. The molecule has 214 valence electrons. The van der Waals surface area contributed by atoms with Crippen LogP contribution in [-0.4, -0.2) is 14.5 Å². The van der Waals surface area contributed by atoms with Gasteiger partial charge in [-0.25, -0.2) is 9.97 Å². The summed E-state index contributed by atoms with van der Waals surface area (Å²) >= 11 is 0. The molecule has 3 aromatic heterocycles. The Bertz CT molecular complexity index is 2560. The number of para-hydroxylation sites is 2. The van der Waals surface area contributed by atoms with Gasteiger partial charge in [-0.1, -0.05) is 117 Å². The average molecular weight is 580 g/mol. The molecule has 0 atom stereocenters. The Morgan fingerprint density at radius 3 is 2.09 bits per heavy atom. The van der Waals surface area contributed by atoms with Crippen molar-refractivity contribution in [3.05, 3.63) is 139 Å². The van der Waals surface area contributed by atoms with E-state index in [0.717, 1.165) is 71.5 Å². The summed E-state index contributed by atoms with van der Waals surface area (Å²) in [5, 5.41) is 5.42. The van der Waals surface area contributed by atoms with E-state index in [1.807, 2.05) is 30.3 Å². The number of fused-ring (bicyclic) bond motifs is 8. The molecule has 0 saturated carbocycles. The molecule has 45 heavy (non-hydrogen) atoms. The van der Waals surface area contributed by atoms with Gasteiger partial charge in [0.15, 0.2) is 0 Å². The van der Waals surface area contributed by atoms with Crippen LogP contribution in [0.15, 0.2) is 138 Å². The topological polar surface area (TPSA) is 43.9 Å². The zero-order valence-corrected chi connectivity index (χ0v) is 25.0. The van der Waals surface area contributed by atoms with E-state index in [1.54, 1.807) is 0 Å². The van der Waals surface area contributed by atoms with Gasteiger partial charge in [0.1, 0.15) is 11.2 Å². The van der Waals surface area contributed by atoms with Crippen molar-refractivity contribution in [1.29, 1.82) is 0 Å². The minimum absolute atomic E-state index is 0.485. The van der Waals surface area contributed by atoms with Crippen LogP contribution in [-0.2, 0) is 0 Å². The lowest BCUT2D eigenvalue weighted by molar-refractivity contribution is 0.673. The van der Waals surface area contributed by atoms with E-state index in [9.17, 15) is 0 Å². The van der Waals surface area contributed by atoms with E-state index in [0.29, 0.717) is 11.9 Å². The van der Waals surface area contributed by atoms with Crippen LogP contribution in [0.3, 0.4) is 0 Å². The lowest BCUT2D eigenvalue weighted by atomic mass is 9.98. The van der Waals surface area contributed by atoms with E-state index < -0.39 is 0 Å². The molecule has 9 rings (SSSR count). The Labute approximate surface area is 260 Å². The molecule has 4 nitrogen and oxygen atoms in total. The standard InChI is InChI=1S/C41H29N3O/c1-25(2)26-16-18-27(19-17-26)29-20-21-33-36(24-29)44(35-23-22-31-30-12-7-9-15-37(30)45-40(31)38(33)35)41-42-34-14-8-6-13-32(34)39(43-41)28-10-4-3-5-11-28/h3-25H,1-2H3. The quantitative estimate of drug-likeness (QED) is 0.208. The highest BCUT2D eigenvalue weighted by Gasteiger charge is 2.21. The van der Waals surface area contributed by atoms with Gasteiger partial charge in [-0.3, -0.25) is 4.57 Å². The van der Waals surface area contributed by atoms with Crippen molar-refractivity contribution in [3.63, 3.8) is 0 Å². The first-order valence-electron chi connectivity index (χ1n) is 15.5. The van der Waals surface area contributed by atoms with E-state index in [2.05, 4.69) is 122 Å². The molecule has 0 spiro atoms. The number of rotatable bonds is 4. The number of hydrogen-bond acceptors (Lipinski definition) is 3. The first kappa shape index (κ1) is 25.7. The molecule has 0 amide bonds. The summed E-state index contributed by atoms with van der Waals surface area (Å²) in [6.45, 7) is 4.46. The maximum atomic E-state index is 6.58. The maximum absolute atomic E-state index is 6.58. The molecule has 0 radical (unpaired) electrons. The molecule has 0 bridgehead atoms. The van der Waals surface area contributed by atoms with Gasteiger partial charge in [-0.05, 0) is 52.9 Å². The Kier molecular flexibility index (Phi) is 5.66. The SMILES string of the molecule is CC(C)c1ccc(-c2ccc3c4c5oc6ccccc6c5ccc4n(-c4nc(-c5ccccc5)c5ccccc5n4)c3c2)cc1. The molecular formula is C41H29N3O. The molecule has 0 aliphatic carbocycles. The van der Waals surface area contributed by atoms with Gasteiger partial charge in [0.25, 0.3) is 0 Å². The number of nitrogens with zero attached hydrogens (tertiary/aromatic N) is 3. The van der Waals surface area contributed by atoms with Gasteiger partial charge in [0.2, 0.25) is 5.95 Å². The third-order valence-electron chi connectivity index (χ3n) is 9.02. The monoisotopic (exact) mass is 579 g/mol. The Hall–Kier alpha value is -5.74. The van der Waals surface area contributed by atoms with Crippen LogP contribution in [0.25, 0.3) is 83.0 Å². The van der Waals surface area contributed by atoms with Crippen molar-refractivity contribution >= 4 is 54.6 Å². The molecule has 0 N–H and O–H groups in total. The second-order valence-corrected chi connectivity index (χ2v) is 12.0. The van der Waals surface area contributed by atoms with Gasteiger partial charge in [0, 0.05) is 27.1 Å². The summed E-state index contributed by atoms with van der Waals surface area (Å²) in [5.74, 6) is 1.12. The Morgan fingerprint density at radius 2 is 1.27 bits per heavy atom. The fourth-order valence-corrected chi connectivity index (χ4v) is 6.72. The predicted octanol–water partition coefficient (Wildman–Crippen LogP) is 11.1. The maximum Gasteiger partial charge on any atom is 0.235 e. The highest BCUT2D eigenvalue weighted by Crippen LogP contribution is 2.41. The zero-order chi connectivity index (χ0) is 30.1. The summed E-state index contributed by atoms with van der Waals surface area (Å²) < 4.78 is 8.79. The van der Waals surface area contributed by atoms with Crippen molar-refractivity contribution in [3.8, 4) is 28.3 Å². The predicted molar refractivity (Wildman–Crippen MR) is 186 cm³/mol. The van der Waals surface area contributed by atoms with Crippen molar-refractivity contribution in [1.82, 2.24) is 14.5 Å². The van der Waals surface area contributed by atoms with Gasteiger partial charge in [-0.2, -0.15) is 0 Å². The molecule has 3 heterocycles. The van der Waals surface area contributed by atoms with Gasteiger partial charge in [-0.15, -0.1) is 0 Å². The molecule has 0 saturated heterocycles. The summed E-state index contributed by atoms with van der Waals surface area (Å²) in [6, 6.07) is 46.9. The molecule has 0 aliphatic rings. The minimum atomic E-state index is 0.485. The second-order valence-electron chi connectivity index (χ2n) is 12.0. The first-order valence-corrected chi connectivity index (χ1v) is 15.5. The average Bonchev–Trinajstić information content (AvgIpc) is 3.63. The number of hydrogen-bond donors (Lipinski definition) is 0. The molecule has 6 aromatic carbocycles. The van der Waals surface area contributed by atoms with Crippen LogP contribution in [0.2, 0.25) is 0 Å². The third-order valence-corrected chi connectivity index (χ3v) is 9.02. The summed E-state index contributed by atoms with van der Waals surface area (Å²) in [5.41, 5.74) is 10.4. The first-order chi connectivity index (χ1) is 22.1. The lowest BCUT2D eigenvalue weighted by Gasteiger charge is -2.12. The van der Waals surface area contributed by atoms with E-state index in [4.69, 9.17) is 14.4 Å². The Morgan fingerprint density at radius 1 is 0.556 bits per heavy atom. The molecular weight excluding hydrogens is 550 g/mol. The van der Waals surface area contributed by atoms with Crippen LogP contribution in [0.4, 0.5) is 0 Å². The summed E-state index contributed by atoms with van der Waals surface area (Å²) in [4.78, 5) is 10.5. The normalized spacial score (nSPS) is 12.0.